The molecule has 1 aliphatic heterocycles. The topological polar surface area (TPSA) is 60.0 Å². The normalized spacial score (nSPS) is 35.8. The van der Waals surface area contributed by atoms with Crippen LogP contribution in [0.2, 0.25) is 0 Å². The molecule has 4 rings (SSSR count). The van der Waals surface area contributed by atoms with Crippen molar-refractivity contribution >= 4 is 35.8 Å². The molecule has 4 fully saturated rings. The van der Waals surface area contributed by atoms with Crippen molar-refractivity contribution < 1.29 is 4.79 Å². The Labute approximate surface area is 180 Å². The molecule has 6 nitrogen and oxygen atoms in total. The second kappa shape index (κ2) is 8.84. The molecule has 154 valence electrons. The molecule has 1 amide bonds. The molecule has 5 atom stereocenters. The van der Waals surface area contributed by atoms with Crippen LogP contribution in [-0.4, -0.2) is 73.5 Å². The standard InChI is InChI=1S/C20H35N5O.HI/c1-13-11-25(16-6-7-16)12-18(13)23-20(21-10-19(26)24(2)3)22-17-9-14-4-5-15(17)8-14;/h13-18H,4-12H2,1-3H3,(H2,21,22,23);1H. The van der Waals surface area contributed by atoms with Gasteiger partial charge in [-0.1, -0.05) is 13.3 Å². The van der Waals surface area contributed by atoms with Gasteiger partial charge in [-0.2, -0.15) is 0 Å². The summed E-state index contributed by atoms with van der Waals surface area (Å²) in [7, 11) is 3.59. The fourth-order valence-electron chi connectivity index (χ4n) is 5.12. The van der Waals surface area contributed by atoms with Gasteiger partial charge in [-0.3, -0.25) is 9.69 Å². The second-order valence-electron chi connectivity index (χ2n) is 9.29. The van der Waals surface area contributed by atoms with Gasteiger partial charge in [0.1, 0.15) is 6.54 Å². The molecule has 3 saturated carbocycles. The van der Waals surface area contributed by atoms with Gasteiger partial charge >= 0.3 is 0 Å². The Bertz CT molecular complexity index is 565. The van der Waals surface area contributed by atoms with Crippen LogP contribution in [0.5, 0.6) is 0 Å². The van der Waals surface area contributed by atoms with E-state index in [0.717, 1.165) is 30.4 Å². The minimum Gasteiger partial charge on any atom is -0.353 e. The molecular weight excluding hydrogens is 453 g/mol. The highest BCUT2D eigenvalue weighted by atomic mass is 127. The first-order valence-corrected chi connectivity index (χ1v) is 10.5. The van der Waals surface area contributed by atoms with Crippen molar-refractivity contribution in [1.82, 2.24) is 20.4 Å². The van der Waals surface area contributed by atoms with Gasteiger partial charge in [0.15, 0.2) is 5.96 Å². The predicted octanol–water partition coefficient (Wildman–Crippen LogP) is 1.90. The van der Waals surface area contributed by atoms with Crippen molar-refractivity contribution in [3.8, 4) is 0 Å². The van der Waals surface area contributed by atoms with E-state index in [2.05, 4.69) is 27.4 Å². The molecule has 2 bridgehead atoms. The summed E-state index contributed by atoms with van der Waals surface area (Å²) in [6, 6.07) is 1.78. The predicted molar refractivity (Wildman–Crippen MR) is 119 cm³/mol. The zero-order valence-electron chi connectivity index (χ0n) is 17.0. The smallest absolute Gasteiger partial charge is 0.243 e. The number of nitrogens with zero attached hydrogens (tertiary/aromatic N) is 3. The SMILES string of the molecule is CC1CN(C2CC2)CC1NC(=NCC(=O)N(C)C)NC1CC2CCC1C2.I. The molecule has 1 heterocycles. The van der Waals surface area contributed by atoms with E-state index in [1.54, 1.807) is 19.0 Å². The van der Waals surface area contributed by atoms with Gasteiger partial charge in [0, 0.05) is 45.3 Å². The van der Waals surface area contributed by atoms with Gasteiger partial charge in [0.25, 0.3) is 0 Å². The fraction of sp³-hybridized carbons (Fsp3) is 0.900. The molecule has 0 radical (unpaired) electrons. The molecule has 0 aromatic heterocycles. The maximum atomic E-state index is 12.0. The Kier molecular flexibility index (Phi) is 6.93. The summed E-state index contributed by atoms with van der Waals surface area (Å²) in [6.45, 7) is 4.84. The van der Waals surface area contributed by atoms with Gasteiger partial charge in [0.05, 0.1) is 0 Å². The average Bonchev–Trinajstić information content (AvgIpc) is 3.09. The summed E-state index contributed by atoms with van der Waals surface area (Å²) in [5.74, 6) is 3.22. The van der Waals surface area contributed by atoms with Crippen LogP contribution >= 0.6 is 24.0 Å². The van der Waals surface area contributed by atoms with Gasteiger partial charge < -0.3 is 15.5 Å². The number of nitrogens with one attached hydrogen (secondary N) is 2. The molecule has 0 spiro atoms. The maximum absolute atomic E-state index is 12.0. The first-order chi connectivity index (χ1) is 12.5. The molecule has 2 N–H and O–H groups in total. The van der Waals surface area contributed by atoms with Crippen molar-refractivity contribution in [2.45, 2.75) is 63.6 Å². The lowest BCUT2D eigenvalue weighted by atomic mass is 9.95. The molecule has 0 aromatic rings. The van der Waals surface area contributed by atoms with E-state index in [1.165, 1.54) is 45.1 Å². The number of fused-ring (bicyclic) bond motifs is 2. The largest absolute Gasteiger partial charge is 0.353 e. The van der Waals surface area contributed by atoms with E-state index < -0.39 is 0 Å². The Morgan fingerprint density at radius 3 is 2.41 bits per heavy atom. The summed E-state index contributed by atoms with van der Waals surface area (Å²) in [6.07, 6.45) is 8.11. The van der Waals surface area contributed by atoms with Crippen LogP contribution < -0.4 is 10.6 Å². The van der Waals surface area contributed by atoms with E-state index in [0.29, 0.717) is 18.0 Å². The van der Waals surface area contributed by atoms with Crippen molar-refractivity contribution in [2.75, 3.05) is 33.7 Å². The number of halogens is 1. The van der Waals surface area contributed by atoms with E-state index in [1.807, 2.05) is 0 Å². The summed E-state index contributed by atoms with van der Waals surface area (Å²) in [5, 5.41) is 7.38. The van der Waals surface area contributed by atoms with Gasteiger partial charge in [-0.05, 0) is 49.9 Å². The van der Waals surface area contributed by atoms with Crippen molar-refractivity contribution in [1.29, 1.82) is 0 Å². The highest BCUT2D eigenvalue weighted by molar-refractivity contribution is 14.0. The number of guanidine groups is 1. The highest BCUT2D eigenvalue weighted by Crippen LogP contribution is 2.44. The zero-order chi connectivity index (χ0) is 18.3. The molecular formula is C20H36IN5O. The first-order valence-electron chi connectivity index (χ1n) is 10.5. The number of carbonyl (C=O) groups excluding carboxylic acids is 1. The van der Waals surface area contributed by atoms with Gasteiger partial charge in [-0.25, -0.2) is 4.99 Å². The van der Waals surface area contributed by atoms with E-state index >= 15 is 0 Å². The fourth-order valence-corrected chi connectivity index (χ4v) is 5.12. The minimum atomic E-state index is 0. The highest BCUT2D eigenvalue weighted by Gasteiger charge is 2.41. The Morgan fingerprint density at radius 1 is 1.07 bits per heavy atom. The summed E-state index contributed by atoms with van der Waals surface area (Å²) in [5.41, 5.74) is 0. The van der Waals surface area contributed by atoms with Crippen LogP contribution in [0.1, 0.15) is 45.4 Å². The quantitative estimate of drug-likeness (QED) is 0.352. The molecule has 0 aromatic carbocycles. The number of amides is 1. The van der Waals surface area contributed by atoms with Crippen LogP contribution in [0.3, 0.4) is 0 Å². The number of likely N-dealkylation sites (tertiary alicyclic amines) is 1. The number of rotatable bonds is 5. The number of likely N-dealkylation sites (N-methyl/N-ethyl adjacent to an activating group) is 1. The minimum absolute atomic E-state index is 0. The summed E-state index contributed by atoms with van der Waals surface area (Å²) in [4.78, 5) is 20.9. The number of carbonyl (C=O) groups is 1. The van der Waals surface area contributed by atoms with E-state index in [4.69, 9.17) is 0 Å². The third-order valence-electron chi connectivity index (χ3n) is 6.96. The van der Waals surface area contributed by atoms with Crippen molar-refractivity contribution in [3.05, 3.63) is 0 Å². The first kappa shape index (κ1) is 21.1. The average molecular weight is 489 g/mol. The van der Waals surface area contributed by atoms with Crippen molar-refractivity contribution in [2.24, 2.45) is 22.7 Å². The molecule has 5 unspecified atom stereocenters. The van der Waals surface area contributed by atoms with Crippen molar-refractivity contribution in [3.63, 3.8) is 0 Å². The van der Waals surface area contributed by atoms with E-state index in [9.17, 15) is 4.79 Å². The molecule has 3 aliphatic carbocycles. The van der Waals surface area contributed by atoms with Gasteiger partial charge in [-0.15, -0.1) is 24.0 Å². The lowest BCUT2D eigenvalue weighted by molar-refractivity contribution is -0.127. The maximum Gasteiger partial charge on any atom is 0.243 e. The number of aliphatic imine (C=N–C) groups is 1. The Hall–Kier alpha value is -0.570. The Morgan fingerprint density at radius 2 is 1.81 bits per heavy atom. The number of hydrogen-bond donors (Lipinski definition) is 2. The monoisotopic (exact) mass is 489 g/mol. The molecule has 1 saturated heterocycles. The van der Waals surface area contributed by atoms with Gasteiger partial charge in [0.2, 0.25) is 5.91 Å². The van der Waals surface area contributed by atoms with Crippen LogP contribution in [0.15, 0.2) is 4.99 Å². The van der Waals surface area contributed by atoms with E-state index in [-0.39, 0.29) is 36.4 Å². The number of hydrogen-bond acceptors (Lipinski definition) is 3. The molecule has 4 aliphatic rings. The second-order valence-corrected chi connectivity index (χ2v) is 9.29. The lowest BCUT2D eigenvalue weighted by Crippen LogP contribution is -2.51. The Balaban J connectivity index is 0.00000210. The van der Waals surface area contributed by atoms with Crippen LogP contribution in [0, 0.1) is 17.8 Å². The van der Waals surface area contributed by atoms with Crippen LogP contribution in [-0.2, 0) is 4.79 Å². The third-order valence-corrected chi connectivity index (χ3v) is 6.96. The summed E-state index contributed by atoms with van der Waals surface area (Å²) < 4.78 is 0. The summed E-state index contributed by atoms with van der Waals surface area (Å²) >= 11 is 0. The third kappa shape index (κ3) is 5.08. The zero-order valence-corrected chi connectivity index (χ0v) is 19.3. The van der Waals surface area contributed by atoms with Crippen LogP contribution in [0.4, 0.5) is 0 Å². The lowest BCUT2D eigenvalue weighted by Gasteiger charge is -2.28. The molecule has 27 heavy (non-hydrogen) atoms. The van der Waals surface area contributed by atoms with Crippen LogP contribution in [0.25, 0.3) is 0 Å². The molecule has 7 heteroatoms.